The van der Waals surface area contributed by atoms with E-state index in [4.69, 9.17) is 0 Å². The number of hydrogen-bond donors (Lipinski definition) is 2. The number of rotatable bonds is 5. The number of carbonyl (C=O) groups excluding carboxylic acids is 1. The Kier molecular flexibility index (Phi) is 5.42. The first-order valence-corrected chi connectivity index (χ1v) is 11.3. The Bertz CT molecular complexity index is 1730. The van der Waals surface area contributed by atoms with Crippen molar-refractivity contribution < 1.29 is 4.79 Å². The van der Waals surface area contributed by atoms with Gasteiger partial charge in [-0.3, -0.25) is 29.7 Å². The van der Waals surface area contributed by atoms with E-state index < -0.39 is 22.6 Å². The van der Waals surface area contributed by atoms with E-state index in [1.807, 2.05) is 37.3 Å². The van der Waals surface area contributed by atoms with Gasteiger partial charge in [-0.05, 0) is 24.6 Å². The quantitative estimate of drug-likeness (QED) is 0.407. The Morgan fingerprint density at radius 2 is 1.71 bits per heavy atom. The summed E-state index contributed by atoms with van der Waals surface area (Å²) in [6.45, 7) is 1.88. The lowest BCUT2D eigenvalue weighted by Crippen LogP contribution is -2.35. The minimum absolute atomic E-state index is 0.0536. The summed E-state index contributed by atoms with van der Waals surface area (Å²) in [6, 6.07) is 16.0. The molecule has 0 saturated heterocycles. The van der Waals surface area contributed by atoms with E-state index in [0.29, 0.717) is 15.6 Å². The van der Waals surface area contributed by atoms with Crippen LogP contribution < -0.4 is 22.1 Å². The Morgan fingerprint density at radius 1 is 1.00 bits per heavy atom. The maximum absolute atomic E-state index is 13.2. The van der Waals surface area contributed by atoms with Crippen LogP contribution in [0.4, 0.5) is 0 Å². The van der Waals surface area contributed by atoms with Crippen molar-refractivity contribution in [1.82, 2.24) is 19.4 Å². The van der Waals surface area contributed by atoms with Gasteiger partial charge in [0, 0.05) is 16.9 Å². The SMILES string of the molecule is Cc1sc2ncn(NC(=O)CCn3[nH]c(=O)c4ccccc4c3=O)c(=O)c2c1-c1ccccc1. The first-order valence-electron chi connectivity index (χ1n) is 10.5. The third-order valence-electron chi connectivity index (χ3n) is 5.54. The summed E-state index contributed by atoms with van der Waals surface area (Å²) >= 11 is 1.42. The van der Waals surface area contributed by atoms with E-state index in [1.165, 1.54) is 17.7 Å². The van der Waals surface area contributed by atoms with E-state index in [1.54, 1.807) is 24.3 Å². The highest BCUT2D eigenvalue weighted by molar-refractivity contribution is 7.19. The van der Waals surface area contributed by atoms with E-state index in [0.717, 1.165) is 25.4 Å². The molecule has 0 saturated carbocycles. The molecule has 34 heavy (non-hydrogen) atoms. The van der Waals surface area contributed by atoms with Gasteiger partial charge in [0.25, 0.3) is 16.7 Å². The van der Waals surface area contributed by atoms with E-state index in [9.17, 15) is 19.2 Å². The molecule has 0 atom stereocenters. The number of aryl methyl sites for hydroxylation is 2. The van der Waals surface area contributed by atoms with Gasteiger partial charge in [0.15, 0.2) is 0 Å². The van der Waals surface area contributed by atoms with Crippen LogP contribution >= 0.6 is 11.3 Å². The van der Waals surface area contributed by atoms with Crippen LogP contribution in [0.1, 0.15) is 11.3 Å². The van der Waals surface area contributed by atoms with Gasteiger partial charge in [0.2, 0.25) is 5.91 Å². The summed E-state index contributed by atoms with van der Waals surface area (Å²) in [5.74, 6) is -0.502. The van der Waals surface area contributed by atoms with E-state index in [2.05, 4.69) is 15.5 Å². The van der Waals surface area contributed by atoms with Crippen LogP contribution in [0.2, 0.25) is 0 Å². The average molecular weight is 474 g/mol. The molecule has 5 rings (SSSR count). The largest absolute Gasteiger partial charge is 0.281 e. The van der Waals surface area contributed by atoms with Crippen LogP contribution in [-0.2, 0) is 11.3 Å². The molecule has 10 heteroatoms. The second kappa shape index (κ2) is 8.56. The summed E-state index contributed by atoms with van der Waals surface area (Å²) in [5, 5.41) is 3.50. The molecule has 2 aromatic carbocycles. The van der Waals surface area contributed by atoms with Crippen molar-refractivity contribution in [3.63, 3.8) is 0 Å². The lowest BCUT2D eigenvalue weighted by Gasteiger charge is -2.10. The van der Waals surface area contributed by atoms with Crippen molar-refractivity contribution in [2.45, 2.75) is 19.9 Å². The van der Waals surface area contributed by atoms with Crippen molar-refractivity contribution >= 4 is 38.2 Å². The highest BCUT2D eigenvalue weighted by Gasteiger charge is 2.17. The average Bonchev–Trinajstić information content (AvgIpc) is 3.19. The zero-order valence-electron chi connectivity index (χ0n) is 18.1. The predicted octanol–water partition coefficient (Wildman–Crippen LogP) is 2.60. The molecule has 0 aliphatic heterocycles. The molecule has 0 aliphatic rings. The fraction of sp³-hybridized carbons (Fsp3) is 0.125. The molecule has 5 aromatic rings. The van der Waals surface area contributed by atoms with E-state index >= 15 is 0 Å². The Hall–Kier alpha value is -4.31. The number of thiophene rings is 1. The van der Waals surface area contributed by atoms with Gasteiger partial charge in [-0.15, -0.1) is 11.3 Å². The number of amides is 1. The number of nitrogens with zero attached hydrogens (tertiary/aromatic N) is 3. The van der Waals surface area contributed by atoms with Gasteiger partial charge in [0.1, 0.15) is 11.2 Å². The number of carbonyl (C=O) groups is 1. The maximum Gasteiger partial charge on any atom is 0.281 e. The molecule has 3 aromatic heterocycles. The second-order valence-electron chi connectivity index (χ2n) is 7.73. The molecular formula is C24H19N5O4S. The molecule has 1 amide bonds. The Balaban J connectivity index is 1.42. The number of fused-ring (bicyclic) bond motifs is 2. The zero-order chi connectivity index (χ0) is 23.8. The van der Waals surface area contributed by atoms with Gasteiger partial charge < -0.3 is 0 Å². The zero-order valence-corrected chi connectivity index (χ0v) is 18.9. The first-order chi connectivity index (χ1) is 16.4. The summed E-state index contributed by atoms with van der Waals surface area (Å²) in [6.07, 6.45) is 1.14. The number of nitrogens with one attached hydrogen (secondary N) is 2. The third kappa shape index (κ3) is 3.73. The molecule has 0 aliphatic carbocycles. The van der Waals surface area contributed by atoms with Gasteiger partial charge in [-0.2, -0.15) is 0 Å². The Morgan fingerprint density at radius 3 is 2.47 bits per heavy atom. The molecule has 0 fully saturated rings. The van der Waals surface area contributed by atoms with Crippen molar-refractivity contribution in [3.8, 4) is 11.1 Å². The summed E-state index contributed by atoms with van der Waals surface area (Å²) in [5.41, 5.74) is 3.02. The molecule has 2 N–H and O–H groups in total. The van der Waals surface area contributed by atoms with Gasteiger partial charge in [-0.25, -0.2) is 14.3 Å². The standard InChI is InChI=1S/C24H19N5O4S/c1-14-19(15-7-3-2-4-8-15)20-22(34-14)25-13-29(24(20)33)26-18(30)11-12-28-23(32)17-10-6-5-9-16(17)21(31)27-28/h2-10,13H,11-12H2,1H3,(H,26,30)(H,27,31). The van der Waals surface area contributed by atoms with Crippen molar-refractivity contribution in [2.24, 2.45) is 0 Å². The van der Waals surface area contributed by atoms with Crippen LogP contribution in [0, 0.1) is 6.92 Å². The highest BCUT2D eigenvalue weighted by atomic mass is 32.1. The van der Waals surface area contributed by atoms with Crippen molar-refractivity contribution in [3.05, 3.63) is 96.9 Å². The molecule has 3 heterocycles. The highest BCUT2D eigenvalue weighted by Crippen LogP contribution is 2.35. The van der Waals surface area contributed by atoms with Gasteiger partial charge in [0.05, 0.1) is 22.7 Å². The Labute approximate surface area is 195 Å². The summed E-state index contributed by atoms with van der Waals surface area (Å²) < 4.78 is 2.15. The molecule has 0 unspecified atom stereocenters. The van der Waals surface area contributed by atoms with Gasteiger partial charge >= 0.3 is 0 Å². The first kappa shape index (κ1) is 21.5. The number of aromatic nitrogens is 4. The van der Waals surface area contributed by atoms with Crippen molar-refractivity contribution in [1.29, 1.82) is 0 Å². The second-order valence-corrected chi connectivity index (χ2v) is 8.93. The summed E-state index contributed by atoms with van der Waals surface area (Å²) in [7, 11) is 0. The number of hydrogen-bond acceptors (Lipinski definition) is 6. The fourth-order valence-electron chi connectivity index (χ4n) is 3.94. The third-order valence-corrected chi connectivity index (χ3v) is 6.56. The van der Waals surface area contributed by atoms with Crippen LogP contribution in [0.15, 0.2) is 75.3 Å². The lowest BCUT2D eigenvalue weighted by molar-refractivity contribution is -0.117. The summed E-state index contributed by atoms with van der Waals surface area (Å²) in [4.78, 5) is 56.5. The van der Waals surface area contributed by atoms with Crippen molar-refractivity contribution in [2.75, 3.05) is 5.43 Å². The number of aromatic amines is 1. The van der Waals surface area contributed by atoms with Gasteiger partial charge in [-0.1, -0.05) is 42.5 Å². The molecule has 170 valence electrons. The molecule has 0 spiro atoms. The molecule has 0 bridgehead atoms. The molecule has 9 nitrogen and oxygen atoms in total. The van der Waals surface area contributed by atoms with Crippen LogP contribution in [0.3, 0.4) is 0 Å². The minimum Gasteiger partial charge on any atom is -0.273 e. The van der Waals surface area contributed by atoms with E-state index in [-0.39, 0.29) is 18.4 Å². The number of H-pyrrole nitrogens is 1. The predicted molar refractivity (Wildman–Crippen MR) is 132 cm³/mol. The number of benzene rings is 2. The molecule has 0 radical (unpaired) electrons. The van der Waals surface area contributed by atoms with Crippen LogP contribution in [-0.4, -0.2) is 25.3 Å². The van der Waals surface area contributed by atoms with Crippen LogP contribution in [0.25, 0.3) is 32.1 Å². The lowest BCUT2D eigenvalue weighted by atomic mass is 10.0. The normalized spacial score (nSPS) is 11.2. The maximum atomic E-state index is 13.2. The monoisotopic (exact) mass is 473 g/mol. The van der Waals surface area contributed by atoms with Crippen LogP contribution in [0.5, 0.6) is 0 Å². The fourth-order valence-corrected chi connectivity index (χ4v) is 4.95. The topological polar surface area (TPSA) is 119 Å². The molecular weight excluding hydrogens is 454 g/mol. The minimum atomic E-state index is -0.502. The smallest absolute Gasteiger partial charge is 0.273 e.